The Hall–Kier alpha value is -4.79. The highest BCUT2D eigenvalue weighted by Gasteiger charge is 2.20. The highest BCUT2D eigenvalue weighted by molar-refractivity contribution is 6.12. The average molecular weight is 470 g/mol. The number of phenols is 1. The minimum absolute atomic E-state index is 0.00721. The lowest BCUT2D eigenvalue weighted by Crippen LogP contribution is -2.13. The fraction of sp³-hybridized carbons (Fsp3) is 0.115. The molecule has 0 unspecified atom stereocenters. The van der Waals surface area contributed by atoms with E-state index in [1.807, 2.05) is 25.1 Å². The molecule has 0 radical (unpaired) electrons. The van der Waals surface area contributed by atoms with Gasteiger partial charge in [0, 0.05) is 11.1 Å². The van der Waals surface area contributed by atoms with E-state index in [1.54, 1.807) is 36.4 Å². The Morgan fingerprint density at radius 3 is 2.54 bits per heavy atom. The molecule has 0 bridgehead atoms. The third-order valence-corrected chi connectivity index (χ3v) is 5.52. The molecule has 0 spiro atoms. The van der Waals surface area contributed by atoms with Gasteiger partial charge in [0.15, 0.2) is 11.4 Å². The number of benzene rings is 4. The number of phenolic OH excluding ortho intramolecular Hbond substituents is 1. The molecule has 0 saturated heterocycles. The molecular formula is C26H22N4O5. The van der Waals surface area contributed by atoms with E-state index in [0.29, 0.717) is 22.2 Å². The maximum Gasteiger partial charge on any atom is 0.300 e. The van der Waals surface area contributed by atoms with Gasteiger partial charge >= 0.3 is 0 Å². The Morgan fingerprint density at radius 2 is 1.80 bits per heavy atom. The summed E-state index contributed by atoms with van der Waals surface area (Å²) in [6.07, 6.45) is 0.722. The van der Waals surface area contributed by atoms with Crippen LogP contribution in [0.4, 0.5) is 22.7 Å². The van der Waals surface area contributed by atoms with Crippen LogP contribution >= 0.6 is 0 Å². The predicted octanol–water partition coefficient (Wildman–Crippen LogP) is 6.69. The molecule has 0 aliphatic rings. The number of para-hydroxylation sites is 1. The minimum atomic E-state index is -0.593. The molecule has 0 aliphatic carbocycles. The van der Waals surface area contributed by atoms with Gasteiger partial charge in [0.2, 0.25) is 0 Å². The Bertz CT molecular complexity index is 1470. The number of aromatic hydroxyl groups is 1. The average Bonchev–Trinajstić information content (AvgIpc) is 2.88. The van der Waals surface area contributed by atoms with Gasteiger partial charge < -0.3 is 15.2 Å². The summed E-state index contributed by atoms with van der Waals surface area (Å²) >= 11 is 0. The van der Waals surface area contributed by atoms with E-state index >= 15 is 0 Å². The van der Waals surface area contributed by atoms with Crippen molar-refractivity contribution < 1.29 is 19.6 Å². The van der Waals surface area contributed by atoms with Gasteiger partial charge in [-0.15, -0.1) is 10.2 Å². The summed E-state index contributed by atoms with van der Waals surface area (Å²) in [5.74, 6) is -0.592. The van der Waals surface area contributed by atoms with Gasteiger partial charge in [0.05, 0.1) is 23.7 Å². The number of nitro groups is 1. The van der Waals surface area contributed by atoms with Crippen molar-refractivity contribution in [3.8, 4) is 11.5 Å². The second-order valence-corrected chi connectivity index (χ2v) is 7.62. The number of fused-ring (bicyclic) bond motifs is 1. The molecule has 0 saturated carbocycles. The number of amides is 1. The maximum absolute atomic E-state index is 13.1. The van der Waals surface area contributed by atoms with Crippen molar-refractivity contribution in [3.63, 3.8) is 0 Å². The molecule has 1 amide bonds. The van der Waals surface area contributed by atoms with Gasteiger partial charge in [-0.1, -0.05) is 49.4 Å². The standard InChI is InChI=1S/C26H22N4O5/c1-3-16-8-5-7-11-21(16)27-26(32)20-14-17-9-4-6-10-19(17)24(25(20)31)29-28-22-13-12-18(35-2)15-23(22)30(33)34/h4-15,31H,3H2,1-2H3,(H,27,32). The number of rotatable bonds is 7. The van der Waals surface area contributed by atoms with Crippen LogP contribution in [0.3, 0.4) is 0 Å². The van der Waals surface area contributed by atoms with E-state index in [0.717, 1.165) is 12.0 Å². The molecule has 35 heavy (non-hydrogen) atoms. The van der Waals surface area contributed by atoms with E-state index < -0.39 is 10.8 Å². The molecule has 0 heterocycles. The Labute approximate surface area is 200 Å². The van der Waals surface area contributed by atoms with E-state index in [2.05, 4.69) is 15.5 Å². The summed E-state index contributed by atoms with van der Waals surface area (Å²) in [6.45, 7) is 1.98. The third kappa shape index (κ3) is 4.79. The quantitative estimate of drug-likeness (QED) is 0.177. The number of anilines is 1. The zero-order valence-electron chi connectivity index (χ0n) is 19.1. The summed E-state index contributed by atoms with van der Waals surface area (Å²) in [5.41, 5.74) is 1.31. The Balaban J connectivity index is 1.80. The second kappa shape index (κ2) is 10.0. The van der Waals surface area contributed by atoms with Crippen molar-refractivity contribution in [1.29, 1.82) is 0 Å². The number of nitrogens with one attached hydrogen (secondary N) is 1. The Kier molecular flexibility index (Phi) is 6.68. The van der Waals surface area contributed by atoms with Gasteiger partial charge in [-0.05, 0) is 41.6 Å². The van der Waals surface area contributed by atoms with Crippen LogP contribution in [0.5, 0.6) is 11.5 Å². The van der Waals surface area contributed by atoms with Crippen LogP contribution in [-0.2, 0) is 6.42 Å². The topological polar surface area (TPSA) is 126 Å². The lowest BCUT2D eigenvalue weighted by atomic mass is 10.0. The molecule has 4 rings (SSSR count). The van der Waals surface area contributed by atoms with Crippen molar-refractivity contribution >= 4 is 39.4 Å². The number of carbonyl (C=O) groups is 1. The molecule has 9 heteroatoms. The first-order valence-corrected chi connectivity index (χ1v) is 10.8. The van der Waals surface area contributed by atoms with Gasteiger partial charge in [0.25, 0.3) is 11.6 Å². The van der Waals surface area contributed by atoms with Crippen molar-refractivity contribution in [1.82, 2.24) is 0 Å². The number of nitrogens with zero attached hydrogens (tertiary/aromatic N) is 3. The van der Waals surface area contributed by atoms with Gasteiger partial charge in [-0.2, -0.15) is 0 Å². The SMILES string of the molecule is CCc1ccccc1NC(=O)c1cc2ccccc2c(N=Nc2ccc(OC)cc2[N+](=O)[O-])c1O. The van der Waals surface area contributed by atoms with Crippen LogP contribution in [-0.4, -0.2) is 23.0 Å². The first kappa shape index (κ1) is 23.4. The maximum atomic E-state index is 13.1. The van der Waals surface area contributed by atoms with Crippen LogP contribution in [0.15, 0.2) is 83.0 Å². The van der Waals surface area contributed by atoms with Gasteiger partial charge in [-0.25, -0.2) is 0 Å². The van der Waals surface area contributed by atoms with E-state index in [-0.39, 0.29) is 28.4 Å². The van der Waals surface area contributed by atoms with E-state index in [4.69, 9.17) is 4.74 Å². The highest BCUT2D eigenvalue weighted by Crippen LogP contribution is 2.41. The lowest BCUT2D eigenvalue weighted by molar-refractivity contribution is -0.384. The molecule has 2 N–H and O–H groups in total. The van der Waals surface area contributed by atoms with Crippen LogP contribution in [0.1, 0.15) is 22.8 Å². The number of carbonyl (C=O) groups excluding carboxylic acids is 1. The number of nitro benzene ring substituents is 1. The lowest BCUT2D eigenvalue weighted by Gasteiger charge is -2.13. The Morgan fingerprint density at radius 1 is 1.06 bits per heavy atom. The van der Waals surface area contributed by atoms with Crippen molar-refractivity contribution in [2.45, 2.75) is 13.3 Å². The summed E-state index contributed by atoms with van der Waals surface area (Å²) < 4.78 is 5.05. The fourth-order valence-corrected chi connectivity index (χ4v) is 3.70. The molecule has 9 nitrogen and oxygen atoms in total. The summed E-state index contributed by atoms with van der Waals surface area (Å²) in [6, 6.07) is 20.2. The number of methoxy groups -OCH3 is 1. The minimum Gasteiger partial charge on any atom is -0.505 e. The number of ether oxygens (including phenoxy) is 1. The van der Waals surface area contributed by atoms with Crippen LogP contribution in [0, 0.1) is 10.1 Å². The number of azo groups is 1. The first-order valence-electron chi connectivity index (χ1n) is 10.8. The van der Waals surface area contributed by atoms with Crippen LogP contribution in [0.2, 0.25) is 0 Å². The molecule has 0 atom stereocenters. The van der Waals surface area contributed by atoms with Gasteiger partial charge in [0.1, 0.15) is 11.4 Å². The fourth-order valence-electron chi connectivity index (χ4n) is 3.70. The number of hydrogen-bond acceptors (Lipinski definition) is 7. The molecule has 0 fully saturated rings. The summed E-state index contributed by atoms with van der Waals surface area (Å²) in [5, 5.41) is 34.7. The van der Waals surface area contributed by atoms with E-state index in [1.165, 1.54) is 25.3 Å². The molecule has 176 valence electrons. The number of aryl methyl sites for hydroxylation is 1. The molecule has 0 aliphatic heterocycles. The van der Waals surface area contributed by atoms with Crippen molar-refractivity contribution in [2.24, 2.45) is 10.2 Å². The van der Waals surface area contributed by atoms with Crippen molar-refractivity contribution in [2.75, 3.05) is 12.4 Å². The van der Waals surface area contributed by atoms with Crippen LogP contribution in [0.25, 0.3) is 10.8 Å². The molecule has 4 aromatic rings. The summed E-state index contributed by atoms with van der Waals surface area (Å²) in [7, 11) is 1.40. The van der Waals surface area contributed by atoms with Crippen LogP contribution < -0.4 is 10.1 Å². The monoisotopic (exact) mass is 470 g/mol. The zero-order chi connectivity index (χ0) is 24.9. The normalized spacial score (nSPS) is 11.0. The van der Waals surface area contributed by atoms with Gasteiger partial charge in [-0.3, -0.25) is 14.9 Å². The first-order chi connectivity index (χ1) is 16.9. The number of hydrogen-bond donors (Lipinski definition) is 2. The molecule has 4 aromatic carbocycles. The third-order valence-electron chi connectivity index (χ3n) is 5.52. The largest absolute Gasteiger partial charge is 0.505 e. The molecule has 0 aromatic heterocycles. The zero-order valence-corrected chi connectivity index (χ0v) is 19.1. The smallest absolute Gasteiger partial charge is 0.300 e. The highest BCUT2D eigenvalue weighted by atomic mass is 16.6. The molecular weight excluding hydrogens is 448 g/mol. The van der Waals surface area contributed by atoms with Crippen molar-refractivity contribution in [3.05, 3.63) is 94.0 Å². The second-order valence-electron chi connectivity index (χ2n) is 7.62. The van der Waals surface area contributed by atoms with E-state index in [9.17, 15) is 20.0 Å². The summed E-state index contributed by atoms with van der Waals surface area (Å²) in [4.78, 5) is 24.0. The predicted molar refractivity (Wildman–Crippen MR) is 133 cm³/mol.